The lowest BCUT2D eigenvalue weighted by Crippen LogP contribution is -2.19. The first kappa shape index (κ1) is 19.3. The van der Waals surface area contributed by atoms with Crippen LogP contribution in [-0.2, 0) is 6.54 Å². The number of nitrogens with zero attached hydrogens (tertiary/aromatic N) is 2. The zero-order valence-electron chi connectivity index (χ0n) is 13.7. The average Bonchev–Trinajstić information content (AvgIpc) is 2.94. The minimum absolute atomic E-state index is 0.0710. The maximum Gasteiger partial charge on any atom is 0.422 e. The molecule has 0 radical (unpaired) electrons. The van der Waals surface area contributed by atoms with E-state index in [1.807, 2.05) is 0 Å². The largest absolute Gasteiger partial charge is 0.484 e. The van der Waals surface area contributed by atoms with Crippen molar-refractivity contribution in [3.05, 3.63) is 67.0 Å². The summed E-state index contributed by atoms with van der Waals surface area (Å²) >= 11 is 0. The highest BCUT2D eigenvalue weighted by Gasteiger charge is 2.28. The van der Waals surface area contributed by atoms with Gasteiger partial charge in [0.1, 0.15) is 17.4 Å². The first-order valence-corrected chi connectivity index (χ1v) is 7.56. The van der Waals surface area contributed by atoms with Gasteiger partial charge in [-0.3, -0.25) is 4.68 Å². The fraction of sp³-hybridized carbons (Fsp3) is 0.167. The van der Waals surface area contributed by atoms with E-state index in [1.165, 1.54) is 41.1 Å². The number of nitrogen functional groups attached to an aromatic ring is 1. The van der Waals surface area contributed by atoms with Gasteiger partial charge in [-0.25, -0.2) is 4.39 Å². The number of allylic oxidation sites excluding steroid dienone is 5. The van der Waals surface area contributed by atoms with Crippen LogP contribution < -0.4 is 10.5 Å². The summed E-state index contributed by atoms with van der Waals surface area (Å²) in [5, 5.41) is 4.11. The molecular weight excluding hydrogens is 350 g/mol. The molecule has 1 aromatic carbocycles. The molecule has 0 aliphatic heterocycles. The third-order valence-electron chi connectivity index (χ3n) is 3.16. The van der Waals surface area contributed by atoms with Crippen LogP contribution in [0.5, 0.6) is 5.75 Å². The molecule has 0 spiro atoms. The van der Waals surface area contributed by atoms with Crippen molar-refractivity contribution in [1.82, 2.24) is 9.78 Å². The van der Waals surface area contributed by atoms with Gasteiger partial charge in [-0.15, -0.1) is 0 Å². The van der Waals surface area contributed by atoms with E-state index in [4.69, 9.17) is 10.5 Å². The Kier molecular flexibility index (Phi) is 6.21. The first-order valence-electron chi connectivity index (χ1n) is 7.56. The second-order valence-corrected chi connectivity index (χ2v) is 5.26. The Balaban J connectivity index is 2.21. The van der Waals surface area contributed by atoms with E-state index in [0.29, 0.717) is 11.3 Å². The van der Waals surface area contributed by atoms with E-state index in [-0.39, 0.29) is 18.1 Å². The highest BCUT2D eigenvalue weighted by atomic mass is 19.4. The summed E-state index contributed by atoms with van der Waals surface area (Å²) in [6.07, 6.45) is 0.900. The minimum Gasteiger partial charge on any atom is -0.484 e. The molecule has 138 valence electrons. The van der Waals surface area contributed by atoms with E-state index >= 15 is 0 Å². The Labute approximate surface area is 147 Å². The lowest BCUT2D eigenvalue weighted by molar-refractivity contribution is -0.153. The molecule has 0 amide bonds. The molecule has 0 fully saturated rings. The number of nitrogens with two attached hydrogens (primary N) is 1. The van der Waals surface area contributed by atoms with Crippen LogP contribution in [0.4, 0.5) is 23.4 Å². The van der Waals surface area contributed by atoms with Crippen molar-refractivity contribution in [3.63, 3.8) is 0 Å². The summed E-state index contributed by atoms with van der Waals surface area (Å²) in [4.78, 5) is 0. The van der Waals surface area contributed by atoms with Gasteiger partial charge in [0.15, 0.2) is 6.61 Å². The smallest absolute Gasteiger partial charge is 0.422 e. The third kappa shape index (κ3) is 5.80. The molecule has 0 saturated carbocycles. The predicted octanol–water partition coefficient (Wildman–Crippen LogP) is 4.67. The molecule has 4 nitrogen and oxygen atoms in total. The number of alkyl halides is 3. The van der Waals surface area contributed by atoms with Gasteiger partial charge in [0, 0.05) is 11.6 Å². The Morgan fingerprint density at radius 3 is 2.77 bits per heavy atom. The molecule has 1 heterocycles. The molecule has 26 heavy (non-hydrogen) atoms. The summed E-state index contributed by atoms with van der Waals surface area (Å²) < 4.78 is 56.4. The van der Waals surface area contributed by atoms with Gasteiger partial charge in [-0.05, 0) is 24.3 Å². The van der Waals surface area contributed by atoms with Crippen molar-refractivity contribution in [2.45, 2.75) is 12.7 Å². The number of rotatable bonds is 7. The van der Waals surface area contributed by atoms with Crippen molar-refractivity contribution in [1.29, 1.82) is 0 Å². The number of hydrogen-bond acceptors (Lipinski definition) is 3. The number of ether oxygens (including phenoxy) is 1. The number of aromatic nitrogens is 2. The summed E-state index contributed by atoms with van der Waals surface area (Å²) in [6.45, 7) is 2.24. The van der Waals surface area contributed by atoms with Crippen molar-refractivity contribution < 1.29 is 22.3 Å². The van der Waals surface area contributed by atoms with E-state index in [2.05, 4.69) is 11.7 Å². The molecule has 1 aromatic heterocycles. The fourth-order valence-electron chi connectivity index (χ4n) is 2.15. The minimum atomic E-state index is -4.42. The molecule has 0 bridgehead atoms. The first-order chi connectivity index (χ1) is 12.3. The second-order valence-electron chi connectivity index (χ2n) is 5.26. The number of halogens is 4. The lowest BCUT2D eigenvalue weighted by Gasteiger charge is -2.11. The van der Waals surface area contributed by atoms with Crippen molar-refractivity contribution in [3.8, 4) is 17.0 Å². The zero-order chi connectivity index (χ0) is 19.2. The van der Waals surface area contributed by atoms with Crippen LogP contribution in [0.25, 0.3) is 11.3 Å². The monoisotopic (exact) mass is 367 g/mol. The highest BCUT2D eigenvalue weighted by Crippen LogP contribution is 2.27. The summed E-state index contributed by atoms with van der Waals surface area (Å²) in [5.74, 6) is -0.164. The Hall–Kier alpha value is -3.03. The summed E-state index contributed by atoms with van der Waals surface area (Å²) in [6, 6.07) is 7.72. The van der Waals surface area contributed by atoms with E-state index in [9.17, 15) is 17.6 Å². The summed E-state index contributed by atoms with van der Waals surface area (Å²) in [7, 11) is 0. The maximum absolute atomic E-state index is 13.3. The van der Waals surface area contributed by atoms with Crippen LogP contribution in [0, 0.1) is 0 Å². The second kappa shape index (κ2) is 8.37. The average molecular weight is 367 g/mol. The Morgan fingerprint density at radius 2 is 2.08 bits per heavy atom. The van der Waals surface area contributed by atoms with E-state index < -0.39 is 18.6 Å². The molecule has 0 saturated heterocycles. The zero-order valence-corrected chi connectivity index (χ0v) is 13.7. The van der Waals surface area contributed by atoms with Crippen molar-refractivity contribution >= 4 is 5.82 Å². The highest BCUT2D eigenvalue weighted by molar-refractivity contribution is 5.64. The topological polar surface area (TPSA) is 53.1 Å². The quantitative estimate of drug-likeness (QED) is 0.572. The molecule has 2 aromatic rings. The maximum atomic E-state index is 13.3. The summed E-state index contributed by atoms with van der Waals surface area (Å²) in [5.41, 5.74) is 6.86. The van der Waals surface area contributed by atoms with Gasteiger partial charge in [-0.1, -0.05) is 30.9 Å². The molecular formula is C18H17F4N3O. The predicted molar refractivity (Wildman–Crippen MR) is 92.2 cm³/mol. The van der Waals surface area contributed by atoms with Gasteiger partial charge in [0.05, 0.1) is 12.2 Å². The lowest BCUT2D eigenvalue weighted by atomic mass is 10.1. The van der Waals surface area contributed by atoms with Crippen molar-refractivity contribution in [2.75, 3.05) is 12.3 Å². The van der Waals surface area contributed by atoms with Gasteiger partial charge >= 0.3 is 6.18 Å². The molecule has 2 rings (SSSR count). The Bertz CT molecular complexity index is 822. The Morgan fingerprint density at radius 1 is 1.31 bits per heavy atom. The molecule has 0 aliphatic carbocycles. The molecule has 8 heteroatoms. The molecule has 0 unspecified atom stereocenters. The van der Waals surface area contributed by atoms with E-state index in [0.717, 1.165) is 0 Å². The fourth-order valence-corrected chi connectivity index (χ4v) is 2.15. The van der Waals surface area contributed by atoms with E-state index in [1.54, 1.807) is 18.2 Å². The standard InChI is InChI=1S/C18H17F4N3O/c1-2-5-14(19)7-4-9-25-16(11-17(23)24-25)13-6-3-8-15(10-13)26-12-18(20,21)22/h2-8,10-11H,1,9,12H2,(H2,23,24)/b7-4-,14-5+. The number of hydrogen-bond donors (Lipinski definition) is 1. The van der Waals surface area contributed by atoms with Crippen LogP contribution >= 0.6 is 0 Å². The van der Waals surface area contributed by atoms with Gasteiger partial charge in [0.2, 0.25) is 0 Å². The van der Waals surface area contributed by atoms with Crippen LogP contribution in [0.2, 0.25) is 0 Å². The molecule has 2 N–H and O–H groups in total. The van der Waals surface area contributed by atoms with Gasteiger partial charge in [0.25, 0.3) is 0 Å². The van der Waals surface area contributed by atoms with Crippen LogP contribution in [0.15, 0.2) is 67.0 Å². The van der Waals surface area contributed by atoms with Gasteiger partial charge in [-0.2, -0.15) is 18.3 Å². The van der Waals surface area contributed by atoms with Crippen LogP contribution in [0.3, 0.4) is 0 Å². The normalized spacial score (nSPS) is 12.5. The molecule has 0 atom stereocenters. The molecule has 0 aliphatic rings. The van der Waals surface area contributed by atoms with Crippen molar-refractivity contribution in [2.24, 2.45) is 0 Å². The SMILES string of the molecule is C=C/C=C(F)\C=C/Cn1nc(N)cc1-c1cccc(OCC(F)(F)F)c1. The van der Waals surface area contributed by atoms with Gasteiger partial charge < -0.3 is 10.5 Å². The van der Waals surface area contributed by atoms with Crippen LogP contribution in [-0.4, -0.2) is 22.6 Å². The number of anilines is 1. The third-order valence-corrected chi connectivity index (χ3v) is 3.16. The van der Waals surface area contributed by atoms with Crippen LogP contribution in [0.1, 0.15) is 0 Å². The number of benzene rings is 1.